The van der Waals surface area contributed by atoms with Crippen LogP contribution in [-0.4, -0.2) is 31.4 Å². The topological polar surface area (TPSA) is 117 Å². The van der Waals surface area contributed by atoms with Crippen molar-refractivity contribution in [1.29, 1.82) is 0 Å². The number of hydrogen-bond donors (Lipinski definition) is 3. The first-order chi connectivity index (χ1) is 20.1. The lowest BCUT2D eigenvalue weighted by Gasteiger charge is -2.21. The van der Waals surface area contributed by atoms with Crippen LogP contribution in [0.2, 0.25) is 5.02 Å². The summed E-state index contributed by atoms with van der Waals surface area (Å²) in [6, 6.07) is 16.7. The predicted octanol–water partition coefficient (Wildman–Crippen LogP) is 5.54. The maximum Gasteiger partial charge on any atom is 0.329 e. The molecule has 3 N–H and O–H groups in total. The molecule has 0 aliphatic heterocycles. The Bertz CT molecular complexity index is 1750. The van der Waals surface area contributed by atoms with Gasteiger partial charge in [-0.05, 0) is 66.4 Å². The van der Waals surface area contributed by atoms with E-state index in [1.165, 1.54) is 30.5 Å². The van der Waals surface area contributed by atoms with Gasteiger partial charge in [-0.25, -0.2) is 26.7 Å². The van der Waals surface area contributed by atoms with Crippen molar-refractivity contribution in [2.24, 2.45) is 0 Å². The van der Waals surface area contributed by atoms with Gasteiger partial charge in [0, 0.05) is 35.9 Å². The molecule has 3 amide bonds. The number of hydrogen-bond acceptors (Lipinski definition) is 5. The summed E-state index contributed by atoms with van der Waals surface area (Å²) in [5.74, 6) is -1.95. The molecule has 1 aliphatic carbocycles. The van der Waals surface area contributed by atoms with Crippen LogP contribution in [0.25, 0.3) is 11.1 Å². The summed E-state index contributed by atoms with van der Waals surface area (Å²) in [5.41, 5.74) is 2.22. The molecule has 12 heteroatoms. The molecule has 3 aromatic carbocycles. The Labute approximate surface area is 246 Å². The number of sulfonamides is 1. The number of benzene rings is 3. The van der Waals surface area contributed by atoms with Crippen LogP contribution in [0, 0.1) is 11.6 Å². The highest BCUT2D eigenvalue weighted by Gasteiger charge is 2.26. The minimum atomic E-state index is -4.37. The molecule has 1 aromatic heterocycles. The molecule has 4 aromatic rings. The molecule has 1 aliphatic rings. The van der Waals surface area contributed by atoms with Crippen LogP contribution in [0.4, 0.5) is 13.6 Å². The third kappa shape index (κ3) is 7.10. The van der Waals surface area contributed by atoms with Crippen LogP contribution >= 0.6 is 11.6 Å². The lowest BCUT2D eigenvalue weighted by molar-refractivity contribution is 0.0951. The summed E-state index contributed by atoms with van der Waals surface area (Å²) in [4.78, 5) is 29.7. The molecular formula is C30H25ClF2N4O4S. The Kier molecular flexibility index (Phi) is 8.51. The third-order valence-corrected chi connectivity index (χ3v) is 8.41. The highest BCUT2D eigenvalue weighted by atomic mass is 35.5. The van der Waals surface area contributed by atoms with E-state index >= 15 is 0 Å². The molecule has 1 fully saturated rings. The molecule has 216 valence electrons. The molecule has 1 atom stereocenters. The van der Waals surface area contributed by atoms with Crippen molar-refractivity contribution in [3.8, 4) is 11.1 Å². The van der Waals surface area contributed by atoms with Crippen molar-refractivity contribution in [1.82, 2.24) is 20.3 Å². The molecule has 0 spiro atoms. The maximum atomic E-state index is 14.2. The molecule has 1 unspecified atom stereocenters. The van der Waals surface area contributed by atoms with Gasteiger partial charge in [0.05, 0.1) is 16.8 Å². The van der Waals surface area contributed by atoms with Gasteiger partial charge in [0.15, 0.2) is 0 Å². The summed E-state index contributed by atoms with van der Waals surface area (Å²) in [6.07, 6.45) is 3.34. The molecular weight excluding hydrogens is 586 g/mol. The van der Waals surface area contributed by atoms with Gasteiger partial charge in [-0.15, -0.1) is 0 Å². The van der Waals surface area contributed by atoms with Gasteiger partial charge in [0.1, 0.15) is 16.5 Å². The lowest BCUT2D eigenvalue weighted by atomic mass is 9.95. The van der Waals surface area contributed by atoms with Gasteiger partial charge in [-0.1, -0.05) is 41.9 Å². The molecule has 1 saturated carbocycles. The second kappa shape index (κ2) is 12.3. The van der Waals surface area contributed by atoms with Crippen molar-refractivity contribution in [2.75, 3.05) is 0 Å². The number of rotatable bonds is 9. The van der Waals surface area contributed by atoms with Crippen molar-refractivity contribution in [3.05, 3.63) is 119 Å². The normalized spacial score (nSPS) is 13.7. The summed E-state index contributed by atoms with van der Waals surface area (Å²) in [7, 11) is -4.37. The monoisotopic (exact) mass is 610 g/mol. The van der Waals surface area contributed by atoms with Crippen LogP contribution in [-0.2, 0) is 16.4 Å². The highest BCUT2D eigenvalue weighted by molar-refractivity contribution is 7.90. The number of amides is 3. The highest BCUT2D eigenvalue weighted by Crippen LogP contribution is 2.29. The Morgan fingerprint density at radius 2 is 1.69 bits per heavy atom. The molecule has 42 heavy (non-hydrogen) atoms. The number of carbonyl (C=O) groups excluding carboxylic acids is 2. The minimum absolute atomic E-state index is 0.0481. The number of nitrogens with zero attached hydrogens (tertiary/aromatic N) is 1. The third-order valence-electron chi connectivity index (χ3n) is 6.58. The molecule has 0 radical (unpaired) electrons. The number of halogens is 3. The summed E-state index contributed by atoms with van der Waals surface area (Å²) < 4.78 is 56.0. The molecule has 8 nitrogen and oxygen atoms in total. The van der Waals surface area contributed by atoms with Crippen LogP contribution in [0.3, 0.4) is 0 Å². The van der Waals surface area contributed by atoms with E-state index in [0.717, 1.165) is 25.0 Å². The van der Waals surface area contributed by atoms with E-state index in [1.54, 1.807) is 36.4 Å². The van der Waals surface area contributed by atoms with Crippen LogP contribution in [0.1, 0.15) is 40.5 Å². The number of carbonyl (C=O) groups is 2. The fourth-order valence-corrected chi connectivity index (χ4v) is 5.87. The van der Waals surface area contributed by atoms with Gasteiger partial charge in [-0.2, -0.15) is 0 Å². The maximum absolute atomic E-state index is 14.2. The first kappa shape index (κ1) is 29.2. The van der Waals surface area contributed by atoms with Crippen molar-refractivity contribution < 1.29 is 26.8 Å². The Morgan fingerprint density at radius 3 is 2.40 bits per heavy atom. The summed E-state index contributed by atoms with van der Waals surface area (Å²) in [6.45, 7) is 0. The van der Waals surface area contributed by atoms with Gasteiger partial charge in [0.2, 0.25) is 0 Å². The Morgan fingerprint density at radius 1 is 0.952 bits per heavy atom. The van der Waals surface area contributed by atoms with Gasteiger partial charge < -0.3 is 10.6 Å². The second-order valence-corrected chi connectivity index (χ2v) is 11.9. The molecule has 0 bridgehead atoms. The molecule has 1 heterocycles. The predicted molar refractivity (Wildman–Crippen MR) is 153 cm³/mol. The van der Waals surface area contributed by atoms with Crippen molar-refractivity contribution in [2.45, 2.75) is 36.2 Å². The first-order valence-electron chi connectivity index (χ1n) is 13.0. The van der Waals surface area contributed by atoms with Crippen LogP contribution in [0.15, 0.2) is 90.0 Å². The average molecular weight is 611 g/mol. The fraction of sp³-hybridized carbons (Fsp3) is 0.167. The average Bonchev–Trinajstić information content (AvgIpc) is 3.76. The standard InChI is InChI=1S/C30H25ClF2N4O4S/c31-25-8-1-2-9-28(25)42(40,41)37-30(39)36-26(20-14-21(32)16-22(33)15-20)17-27-24(7-4-12-34-27)18-5-3-6-19(13-18)29(38)35-23-10-11-23/h1-9,12-16,23,26H,10-11,17H2,(H,35,38)(H2,36,37,39). The first-order valence-corrected chi connectivity index (χ1v) is 14.8. The zero-order chi connectivity index (χ0) is 29.9. The number of aromatic nitrogens is 1. The van der Waals surface area contributed by atoms with Crippen LogP contribution < -0.4 is 15.4 Å². The second-order valence-electron chi connectivity index (χ2n) is 9.80. The van der Waals surface area contributed by atoms with E-state index in [0.29, 0.717) is 28.5 Å². The minimum Gasteiger partial charge on any atom is -0.349 e. The van der Waals surface area contributed by atoms with Crippen LogP contribution in [0.5, 0.6) is 0 Å². The van der Waals surface area contributed by atoms with Gasteiger partial charge in [-0.3, -0.25) is 9.78 Å². The SMILES string of the molecule is O=C(NC(Cc1ncccc1-c1cccc(C(=O)NC2CC2)c1)c1cc(F)cc(F)c1)NS(=O)(=O)c1ccccc1Cl. The lowest BCUT2D eigenvalue weighted by Crippen LogP contribution is -2.42. The smallest absolute Gasteiger partial charge is 0.329 e. The van der Waals surface area contributed by atoms with E-state index in [2.05, 4.69) is 15.6 Å². The van der Waals surface area contributed by atoms with E-state index in [9.17, 15) is 26.8 Å². The number of pyridine rings is 1. The Hall–Kier alpha value is -4.35. The van der Waals surface area contributed by atoms with E-state index in [1.807, 2.05) is 4.72 Å². The largest absolute Gasteiger partial charge is 0.349 e. The summed E-state index contributed by atoms with van der Waals surface area (Å²) in [5, 5.41) is 5.36. The quantitative estimate of drug-likeness (QED) is 0.230. The van der Waals surface area contributed by atoms with Gasteiger partial charge in [0.25, 0.3) is 15.9 Å². The Balaban J connectivity index is 1.45. The van der Waals surface area contributed by atoms with Gasteiger partial charge >= 0.3 is 6.03 Å². The number of nitrogens with one attached hydrogen (secondary N) is 3. The van der Waals surface area contributed by atoms with Crippen molar-refractivity contribution >= 4 is 33.6 Å². The zero-order valence-electron chi connectivity index (χ0n) is 22.0. The molecule has 0 saturated heterocycles. The zero-order valence-corrected chi connectivity index (χ0v) is 23.6. The molecule has 5 rings (SSSR count). The fourth-order valence-electron chi connectivity index (χ4n) is 4.44. The number of urea groups is 1. The van der Waals surface area contributed by atoms with E-state index in [-0.39, 0.29) is 33.9 Å². The summed E-state index contributed by atoms with van der Waals surface area (Å²) >= 11 is 6.00. The van der Waals surface area contributed by atoms with Crippen molar-refractivity contribution in [3.63, 3.8) is 0 Å². The van der Waals surface area contributed by atoms with E-state index < -0.39 is 33.7 Å². The van der Waals surface area contributed by atoms with E-state index in [4.69, 9.17) is 11.6 Å².